The van der Waals surface area contributed by atoms with Crippen molar-refractivity contribution in [2.24, 2.45) is 0 Å². The van der Waals surface area contributed by atoms with Gasteiger partial charge in [-0.05, 0) is 54.8 Å². The minimum atomic E-state index is -3.76. The highest BCUT2D eigenvalue weighted by atomic mass is 32.2. The van der Waals surface area contributed by atoms with Gasteiger partial charge in [0.1, 0.15) is 5.75 Å². The molecule has 0 aliphatic rings. The van der Waals surface area contributed by atoms with E-state index in [0.717, 1.165) is 16.5 Å². The van der Waals surface area contributed by atoms with Crippen LogP contribution in [0.25, 0.3) is 17.0 Å². The lowest BCUT2D eigenvalue weighted by Crippen LogP contribution is -2.14. The molecule has 1 heterocycles. The van der Waals surface area contributed by atoms with Gasteiger partial charge >= 0.3 is 5.97 Å². The van der Waals surface area contributed by atoms with Crippen LogP contribution >= 0.6 is 0 Å². The van der Waals surface area contributed by atoms with Gasteiger partial charge in [0, 0.05) is 23.9 Å². The molecule has 0 spiro atoms. The van der Waals surface area contributed by atoms with Crippen LogP contribution in [-0.4, -0.2) is 41.3 Å². The van der Waals surface area contributed by atoms with Gasteiger partial charge in [-0.3, -0.25) is 4.79 Å². The number of hydrogen-bond acceptors (Lipinski definition) is 5. The summed E-state index contributed by atoms with van der Waals surface area (Å²) in [6.45, 7) is 2.01. The molecule has 0 saturated carbocycles. The Hall–Kier alpha value is -3.88. The molecule has 37 heavy (non-hydrogen) atoms. The van der Waals surface area contributed by atoms with Gasteiger partial charge < -0.3 is 14.9 Å². The van der Waals surface area contributed by atoms with E-state index in [2.05, 4.69) is 0 Å². The number of benzene rings is 3. The molecular weight excluding hydrogens is 490 g/mol. The molecule has 3 aromatic carbocycles. The Morgan fingerprint density at radius 1 is 1.03 bits per heavy atom. The summed E-state index contributed by atoms with van der Waals surface area (Å²) in [7, 11) is -3.76. The Kier molecular flexibility index (Phi) is 8.11. The molecule has 2 N–H and O–H groups in total. The van der Waals surface area contributed by atoms with Crippen molar-refractivity contribution in [1.29, 1.82) is 0 Å². The van der Waals surface area contributed by atoms with Crippen LogP contribution in [0.3, 0.4) is 0 Å². The number of fused-ring (bicyclic) bond motifs is 1. The smallest absolute Gasteiger partial charge is 0.303 e. The van der Waals surface area contributed by atoms with E-state index >= 15 is 0 Å². The fraction of sp³-hybridized carbons (Fsp3) is 0.207. The van der Waals surface area contributed by atoms with Crippen molar-refractivity contribution >= 4 is 33.0 Å². The number of aliphatic hydroxyl groups excluding tert-OH is 1. The van der Waals surface area contributed by atoms with Crippen LogP contribution in [0.4, 0.5) is 0 Å². The standard InChI is InChI=1S/C29H29NO6S/c1-21-20-26-22(9-7-12-27(26)30(21)37(34,35)25-10-3-2-4-11-25)14-16-24(31)18-19-36-28-13-6-5-8-23(28)15-17-29(32)33/h2-14,16,20,24,31H,15,17-19H2,1H3,(H,32,33)/b16-14+/t24-/m0/s1. The second-order valence-electron chi connectivity index (χ2n) is 8.71. The maximum Gasteiger partial charge on any atom is 0.303 e. The average Bonchev–Trinajstić information content (AvgIpc) is 3.24. The zero-order chi connectivity index (χ0) is 26.4. The van der Waals surface area contributed by atoms with Crippen molar-refractivity contribution in [3.63, 3.8) is 0 Å². The first-order valence-electron chi connectivity index (χ1n) is 12.0. The molecule has 0 aliphatic heterocycles. The van der Waals surface area contributed by atoms with E-state index < -0.39 is 22.1 Å². The van der Waals surface area contributed by atoms with Crippen LogP contribution in [0.1, 0.15) is 29.7 Å². The molecule has 4 rings (SSSR count). The van der Waals surface area contributed by atoms with Gasteiger partial charge in [0.05, 0.1) is 23.1 Å². The predicted octanol–water partition coefficient (Wildman–Crippen LogP) is 5.05. The molecule has 0 saturated heterocycles. The number of aromatic nitrogens is 1. The lowest BCUT2D eigenvalue weighted by molar-refractivity contribution is -0.136. The second kappa shape index (κ2) is 11.5. The maximum atomic E-state index is 13.3. The van der Waals surface area contributed by atoms with Crippen molar-refractivity contribution in [3.05, 3.63) is 102 Å². The number of hydrogen-bond donors (Lipinski definition) is 2. The number of nitrogens with zero attached hydrogens (tertiary/aromatic N) is 1. The Balaban J connectivity index is 1.47. The third-order valence-corrected chi connectivity index (χ3v) is 7.87. The van der Waals surface area contributed by atoms with Crippen molar-refractivity contribution < 1.29 is 28.2 Å². The fourth-order valence-corrected chi connectivity index (χ4v) is 5.78. The second-order valence-corrected chi connectivity index (χ2v) is 10.5. The molecule has 0 fully saturated rings. The van der Waals surface area contributed by atoms with E-state index in [1.807, 2.05) is 30.3 Å². The number of carboxylic acid groups (broad SMARTS) is 1. The molecule has 1 aromatic heterocycles. The van der Waals surface area contributed by atoms with Gasteiger partial charge in [-0.1, -0.05) is 60.7 Å². The summed E-state index contributed by atoms with van der Waals surface area (Å²) in [6, 6.07) is 22.9. The number of aliphatic hydroxyl groups is 1. The monoisotopic (exact) mass is 519 g/mol. The summed E-state index contributed by atoms with van der Waals surface area (Å²) in [5, 5.41) is 20.2. The largest absolute Gasteiger partial charge is 0.493 e. The number of aliphatic carboxylic acids is 1. The molecule has 192 valence electrons. The summed E-state index contributed by atoms with van der Waals surface area (Å²) in [5.74, 6) is -0.255. The molecule has 1 atom stereocenters. The summed E-state index contributed by atoms with van der Waals surface area (Å²) in [6.07, 6.45) is 3.39. The number of aryl methyl sites for hydroxylation is 2. The van der Waals surface area contributed by atoms with Crippen LogP contribution in [0.5, 0.6) is 5.75 Å². The Labute approximate surface area is 216 Å². The summed E-state index contributed by atoms with van der Waals surface area (Å²) >= 11 is 0. The van der Waals surface area contributed by atoms with Gasteiger partial charge in [0.15, 0.2) is 0 Å². The molecule has 0 radical (unpaired) electrons. The minimum absolute atomic E-state index is 0.0190. The average molecular weight is 520 g/mol. The van der Waals surface area contributed by atoms with Gasteiger partial charge in [-0.2, -0.15) is 0 Å². The zero-order valence-corrected chi connectivity index (χ0v) is 21.3. The third kappa shape index (κ3) is 6.10. The van der Waals surface area contributed by atoms with Crippen molar-refractivity contribution in [2.75, 3.05) is 6.61 Å². The molecule has 4 aromatic rings. The number of ether oxygens (including phenoxy) is 1. The highest BCUT2D eigenvalue weighted by Crippen LogP contribution is 2.28. The van der Waals surface area contributed by atoms with Crippen LogP contribution in [0.15, 0.2) is 89.8 Å². The number of rotatable bonds is 11. The molecule has 0 amide bonds. The van der Waals surface area contributed by atoms with E-state index in [0.29, 0.717) is 29.8 Å². The predicted molar refractivity (Wildman–Crippen MR) is 143 cm³/mol. The van der Waals surface area contributed by atoms with Gasteiger partial charge in [0.25, 0.3) is 10.0 Å². The zero-order valence-electron chi connectivity index (χ0n) is 20.4. The highest BCUT2D eigenvalue weighted by Gasteiger charge is 2.21. The van der Waals surface area contributed by atoms with Crippen molar-refractivity contribution in [3.8, 4) is 5.75 Å². The van der Waals surface area contributed by atoms with Crippen molar-refractivity contribution in [2.45, 2.75) is 37.2 Å². The first kappa shape index (κ1) is 26.2. The van der Waals surface area contributed by atoms with E-state index in [4.69, 9.17) is 9.84 Å². The fourth-order valence-electron chi connectivity index (χ4n) is 4.22. The lowest BCUT2D eigenvalue weighted by Gasteiger charge is -2.12. The Bertz CT molecular complexity index is 1520. The molecule has 0 unspecified atom stereocenters. The SMILES string of the molecule is Cc1cc2c(/C=C/[C@H](O)CCOc3ccccc3CCC(=O)O)cccc2n1S(=O)(=O)c1ccccc1. The third-order valence-electron chi connectivity index (χ3n) is 6.04. The number of carbonyl (C=O) groups is 1. The van der Waals surface area contributed by atoms with E-state index in [-0.39, 0.29) is 17.9 Å². The molecule has 8 heteroatoms. The van der Waals surface area contributed by atoms with Gasteiger partial charge in [-0.25, -0.2) is 12.4 Å². The quantitative estimate of drug-likeness (QED) is 0.287. The Morgan fingerprint density at radius 2 is 1.76 bits per heavy atom. The van der Waals surface area contributed by atoms with Crippen LogP contribution in [-0.2, 0) is 21.2 Å². The molecular formula is C29H29NO6S. The number of para-hydroxylation sites is 1. The summed E-state index contributed by atoms with van der Waals surface area (Å²) in [5.41, 5.74) is 2.77. The van der Waals surface area contributed by atoms with E-state index in [1.54, 1.807) is 67.6 Å². The van der Waals surface area contributed by atoms with Crippen LogP contribution in [0.2, 0.25) is 0 Å². The topological polar surface area (TPSA) is 106 Å². The van der Waals surface area contributed by atoms with Gasteiger partial charge in [0.2, 0.25) is 0 Å². The Morgan fingerprint density at radius 3 is 2.51 bits per heavy atom. The lowest BCUT2D eigenvalue weighted by atomic mass is 10.1. The minimum Gasteiger partial charge on any atom is -0.493 e. The van der Waals surface area contributed by atoms with E-state index in [1.165, 1.54) is 3.97 Å². The molecule has 0 aliphatic carbocycles. The maximum absolute atomic E-state index is 13.3. The molecule has 0 bridgehead atoms. The summed E-state index contributed by atoms with van der Waals surface area (Å²) in [4.78, 5) is 11.1. The van der Waals surface area contributed by atoms with E-state index in [9.17, 15) is 18.3 Å². The number of carboxylic acids is 1. The summed E-state index contributed by atoms with van der Waals surface area (Å²) < 4.78 is 33.8. The first-order valence-corrected chi connectivity index (χ1v) is 13.4. The first-order chi connectivity index (χ1) is 17.8. The normalized spacial score (nSPS) is 12.7. The van der Waals surface area contributed by atoms with Gasteiger partial charge in [-0.15, -0.1) is 0 Å². The molecule has 7 nitrogen and oxygen atoms in total. The highest BCUT2D eigenvalue weighted by molar-refractivity contribution is 7.90. The van der Waals surface area contributed by atoms with Crippen LogP contribution in [0, 0.1) is 6.92 Å². The van der Waals surface area contributed by atoms with Crippen LogP contribution < -0.4 is 4.74 Å². The van der Waals surface area contributed by atoms with Crippen molar-refractivity contribution in [1.82, 2.24) is 3.97 Å².